The fraction of sp³-hybridized carbons (Fsp3) is 0.667. The van der Waals surface area contributed by atoms with Crippen LogP contribution in [0.5, 0.6) is 0 Å². The summed E-state index contributed by atoms with van der Waals surface area (Å²) in [5.74, 6) is -0.0581. The van der Waals surface area contributed by atoms with Gasteiger partial charge in [-0.05, 0) is 7.05 Å². The molecule has 1 unspecified atom stereocenters. The number of nitrogens with zero attached hydrogens (tertiary/aromatic N) is 4. The molecule has 88 valence electrons. The average molecular weight is 241 g/mol. The molecule has 1 amide bonds. The van der Waals surface area contributed by atoms with Crippen molar-refractivity contribution in [3.8, 4) is 0 Å². The molecule has 1 aromatic heterocycles. The zero-order valence-corrected chi connectivity index (χ0v) is 9.98. The number of aromatic nitrogens is 2. The monoisotopic (exact) mass is 241 g/mol. The number of rotatable bonds is 2. The van der Waals surface area contributed by atoms with E-state index in [9.17, 15) is 4.79 Å². The highest BCUT2D eigenvalue weighted by atomic mass is 32.1. The van der Waals surface area contributed by atoms with Gasteiger partial charge in [0.05, 0.1) is 24.0 Å². The second kappa shape index (κ2) is 4.86. The van der Waals surface area contributed by atoms with Gasteiger partial charge in [-0.3, -0.25) is 4.79 Å². The van der Waals surface area contributed by atoms with Gasteiger partial charge in [-0.25, -0.2) is 0 Å². The summed E-state index contributed by atoms with van der Waals surface area (Å²) in [5.41, 5.74) is 6.12. The minimum atomic E-state index is -0.0581. The Hall–Kier alpha value is -1.05. The molecule has 0 aliphatic carbocycles. The average Bonchev–Trinajstić information content (AvgIpc) is 2.81. The lowest BCUT2D eigenvalue weighted by Crippen LogP contribution is -2.56. The quantitative estimate of drug-likeness (QED) is 0.737. The molecule has 1 aliphatic rings. The van der Waals surface area contributed by atoms with Crippen molar-refractivity contribution in [1.82, 2.24) is 18.5 Å². The zero-order chi connectivity index (χ0) is 11.5. The van der Waals surface area contributed by atoms with Crippen LogP contribution in [0.1, 0.15) is 10.5 Å². The molecule has 6 nitrogen and oxygen atoms in total. The molecule has 2 rings (SSSR count). The van der Waals surface area contributed by atoms with Gasteiger partial charge in [-0.1, -0.05) is 0 Å². The van der Waals surface area contributed by atoms with Crippen molar-refractivity contribution in [2.45, 2.75) is 6.04 Å². The summed E-state index contributed by atoms with van der Waals surface area (Å²) in [6.45, 7) is 2.88. The SMILES string of the molecule is CN1CCN(C(=O)c2cnsn2)C(CN)C1. The lowest BCUT2D eigenvalue weighted by atomic mass is 10.1. The van der Waals surface area contributed by atoms with Crippen molar-refractivity contribution < 1.29 is 4.79 Å². The lowest BCUT2D eigenvalue weighted by molar-refractivity contribution is 0.0511. The van der Waals surface area contributed by atoms with Crippen LogP contribution in [0.3, 0.4) is 0 Å². The number of carbonyl (C=O) groups excluding carboxylic acids is 1. The van der Waals surface area contributed by atoms with E-state index >= 15 is 0 Å². The fourth-order valence-corrected chi connectivity index (χ4v) is 2.29. The molecular weight excluding hydrogens is 226 g/mol. The van der Waals surface area contributed by atoms with Gasteiger partial charge in [0.15, 0.2) is 5.69 Å². The molecule has 16 heavy (non-hydrogen) atoms. The molecule has 2 N–H and O–H groups in total. The largest absolute Gasteiger partial charge is 0.330 e. The second-order valence-corrected chi connectivity index (χ2v) is 4.50. The summed E-state index contributed by atoms with van der Waals surface area (Å²) in [6.07, 6.45) is 1.51. The molecule has 0 bridgehead atoms. The van der Waals surface area contributed by atoms with Gasteiger partial charge in [-0.2, -0.15) is 8.75 Å². The predicted molar refractivity (Wildman–Crippen MR) is 61.3 cm³/mol. The maximum Gasteiger partial charge on any atom is 0.275 e. The molecule has 1 saturated heterocycles. The van der Waals surface area contributed by atoms with Gasteiger partial charge in [0.2, 0.25) is 0 Å². The van der Waals surface area contributed by atoms with E-state index in [-0.39, 0.29) is 11.9 Å². The molecule has 1 aliphatic heterocycles. The number of hydrogen-bond donors (Lipinski definition) is 1. The first-order valence-electron chi connectivity index (χ1n) is 5.19. The maximum atomic E-state index is 12.1. The van der Waals surface area contributed by atoms with Crippen LogP contribution in [-0.2, 0) is 0 Å². The molecule has 1 fully saturated rings. The number of likely N-dealkylation sites (N-methyl/N-ethyl adjacent to an activating group) is 1. The van der Waals surface area contributed by atoms with E-state index in [2.05, 4.69) is 13.6 Å². The van der Waals surface area contributed by atoms with Gasteiger partial charge in [0.25, 0.3) is 5.91 Å². The van der Waals surface area contributed by atoms with Crippen LogP contribution in [0.25, 0.3) is 0 Å². The molecule has 2 heterocycles. The Labute approximate surface area is 98.4 Å². The Balaban J connectivity index is 2.10. The Morgan fingerprint density at radius 3 is 3.12 bits per heavy atom. The van der Waals surface area contributed by atoms with Crippen LogP contribution >= 0.6 is 11.7 Å². The van der Waals surface area contributed by atoms with Crippen molar-refractivity contribution in [2.75, 3.05) is 33.2 Å². The summed E-state index contributed by atoms with van der Waals surface area (Å²) in [4.78, 5) is 16.1. The van der Waals surface area contributed by atoms with Gasteiger partial charge >= 0.3 is 0 Å². The summed E-state index contributed by atoms with van der Waals surface area (Å²) in [5, 5.41) is 0. The molecular formula is C9H15N5OS. The second-order valence-electron chi connectivity index (χ2n) is 3.94. The Bertz CT molecular complexity index is 355. The van der Waals surface area contributed by atoms with E-state index in [1.54, 1.807) is 4.90 Å². The molecule has 0 aromatic carbocycles. The van der Waals surface area contributed by atoms with Crippen LogP contribution in [0.15, 0.2) is 6.20 Å². The van der Waals surface area contributed by atoms with Crippen LogP contribution in [0.4, 0.5) is 0 Å². The Kier molecular flexibility index (Phi) is 3.47. The van der Waals surface area contributed by atoms with E-state index in [0.717, 1.165) is 24.8 Å². The smallest absolute Gasteiger partial charge is 0.275 e. The van der Waals surface area contributed by atoms with E-state index in [1.165, 1.54) is 6.20 Å². The molecule has 0 radical (unpaired) electrons. The minimum absolute atomic E-state index is 0.0581. The minimum Gasteiger partial charge on any atom is -0.330 e. The van der Waals surface area contributed by atoms with Crippen LogP contribution in [-0.4, -0.2) is 63.7 Å². The number of carbonyl (C=O) groups is 1. The zero-order valence-electron chi connectivity index (χ0n) is 9.17. The highest BCUT2D eigenvalue weighted by Crippen LogP contribution is 2.11. The summed E-state index contributed by atoms with van der Waals surface area (Å²) < 4.78 is 7.81. The van der Waals surface area contributed by atoms with E-state index in [4.69, 9.17) is 5.73 Å². The number of nitrogens with two attached hydrogens (primary N) is 1. The number of piperazine rings is 1. The molecule has 7 heteroatoms. The van der Waals surface area contributed by atoms with Crippen LogP contribution in [0.2, 0.25) is 0 Å². The number of hydrogen-bond acceptors (Lipinski definition) is 6. The molecule has 1 atom stereocenters. The van der Waals surface area contributed by atoms with Crippen molar-refractivity contribution in [3.63, 3.8) is 0 Å². The van der Waals surface area contributed by atoms with Gasteiger partial charge in [0, 0.05) is 26.2 Å². The van der Waals surface area contributed by atoms with E-state index < -0.39 is 0 Å². The third kappa shape index (κ3) is 2.21. The highest BCUT2D eigenvalue weighted by molar-refractivity contribution is 6.99. The highest BCUT2D eigenvalue weighted by Gasteiger charge is 2.29. The Morgan fingerprint density at radius 1 is 1.69 bits per heavy atom. The summed E-state index contributed by atoms with van der Waals surface area (Å²) >= 11 is 1.05. The topological polar surface area (TPSA) is 75.3 Å². The third-order valence-corrected chi connectivity index (χ3v) is 3.28. The first kappa shape index (κ1) is 11.4. The third-order valence-electron chi connectivity index (χ3n) is 2.80. The van der Waals surface area contributed by atoms with Crippen molar-refractivity contribution in [3.05, 3.63) is 11.9 Å². The predicted octanol–water partition coefficient (Wildman–Crippen LogP) is -0.747. The van der Waals surface area contributed by atoms with Crippen LogP contribution < -0.4 is 5.73 Å². The van der Waals surface area contributed by atoms with E-state index in [1.807, 2.05) is 7.05 Å². The first-order valence-corrected chi connectivity index (χ1v) is 5.92. The lowest BCUT2D eigenvalue weighted by Gasteiger charge is -2.39. The van der Waals surface area contributed by atoms with Gasteiger partial charge < -0.3 is 15.5 Å². The summed E-state index contributed by atoms with van der Waals surface area (Å²) in [6, 6.07) is 0.0768. The Morgan fingerprint density at radius 2 is 2.50 bits per heavy atom. The maximum absolute atomic E-state index is 12.1. The van der Waals surface area contributed by atoms with Gasteiger partial charge in [0.1, 0.15) is 0 Å². The van der Waals surface area contributed by atoms with Crippen LogP contribution in [0, 0.1) is 0 Å². The van der Waals surface area contributed by atoms with Gasteiger partial charge in [-0.15, -0.1) is 0 Å². The normalized spacial score (nSPS) is 22.4. The fourth-order valence-electron chi connectivity index (χ4n) is 1.89. The molecule has 1 aromatic rings. The van der Waals surface area contributed by atoms with E-state index in [0.29, 0.717) is 18.8 Å². The van der Waals surface area contributed by atoms with Crippen molar-refractivity contribution >= 4 is 17.6 Å². The van der Waals surface area contributed by atoms with Crippen molar-refractivity contribution in [1.29, 1.82) is 0 Å². The number of amides is 1. The summed E-state index contributed by atoms with van der Waals surface area (Å²) in [7, 11) is 2.04. The van der Waals surface area contributed by atoms with Crippen molar-refractivity contribution in [2.24, 2.45) is 5.73 Å². The standard InChI is InChI=1S/C9H15N5OS/c1-13-2-3-14(7(4-10)6-13)9(15)8-5-11-16-12-8/h5,7H,2-4,6,10H2,1H3. The first-order chi connectivity index (χ1) is 7.72. The molecule has 0 saturated carbocycles. The molecule has 0 spiro atoms.